The maximum Gasteiger partial charge on any atom is 0.410 e. The number of amides is 1. The number of carbonyl (C=O) groups is 1. The van der Waals surface area contributed by atoms with Crippen molar-refractivity contribution in [1.29, 1.82) is 0 Å². The fraction of sp³-hybridized carbons (Fsp3) is 0.632. The Morgan fingerprint density at radius 2 is 1.79 bits per heavy atom. The van der Waals surface area contributed by atoms with Crippen molar-refractivity contribution in [3.63, 3.8) is 0 Å². The van der Waals surface area contributed by atoms with E-state index in [9.17, 15) is 4.79 Å². The fourth-order valence-corrected chi connectivity index (χ4v) is 2.57. The lowest BCUT2D eigenvalue weighted by atomic mass is 10.1. The highest BCUT2D eigenvalue weighted by Crippen LogP contribution is 2.17. The van der Waals surface area contributed by atoms with E-state index in [4.69, 9.17) is 14.2 Å². The van der Waals surface area contributed by atoms with Crippen molar-refractivity contribution < 1.29 is 19.0 Å². The molecule has 0 atom stereocenters. The van der Waals surface area contributed by atoms with E-state index in [-0.39, 0.29) is 12.2 Å². The molecule has 2 rings (SSSR count). The molecule has 1 fully saturated rings. The predicted molar refractivity (Wildman–Crippen MR) is 92.9 cm³/mol. The number of hydrogen-bond donors (Lipinski definition) is 0. The Balaban J connectivity index is 1.56. The van der Waals surface area contributed by atoms with Crippen LogP contribution >= 0.6 is 0 Å². The monoisotopic (exact) mass is 335 g/mol. The van der Waals surface area contributed by atoms with Gasteiger partial charge >= 0.3 is 6.09 Å². The summed E-state index contributed by atoms with van der Waals surface area (Å²) in [5, 5.41) is 0. The van der Waals surface area contributed by atoms with Crippen LogP contribution < -0.4 is 0 Å². The maximum atomic E-state index is 12.0. The van der Waals surface area contributed by atoms with Crippen LogP contribution in [0.2, 0.25) is 0 Å². The Morgan fingerprint density at radius 1 is 1.12 bits per heavy atom. The Bertz CT molecular complexity index is 490. The molecular formula is C19H29NO4. The molecule has 0 bridgehead atoms. The number of hydrogen-bond acceptors (Lipinski definition) is 4. The van der Waals surface area contributed by atoms with E-state index in [1.807, 2.05) is 51.1 Å². The number of nitrogens with zero attached hydrogens (tertiary/aromatic N) is 1. The van der Waals surface area contributed by atoms with Gasteiger partial charge in [-0.3, -0.25) is 0 Å². The first-order valence-corrected chi connectivity index (χ1v) is 8.65. The molecule has 1 aromatic rings. The summed E-state index contributed by atoms with van der Waals surface area (Å²) in [6.07, 6.45) is 1.66. The zero-order chi connectivity index (χ0) is 17.4. The van der Waals surface area contributed by atoms with Crippen molar-refractivity contribution in [2.24, 2.45) is 0 Å². The second-order valence-electron chi connectivity index (χ2n) is 7.08. The number of carbonyl (C=O) groups excluding carboxylic acids is 1. The van der Waals surface area contributed by atoms with Gasteiger partial charge in [0.05, 0.1) is 25.9 Å². The van der Waals surface area contributed by atoms with Crippen LogP contribution in [0.1, 0.15) is 39.2 Å². The molecular weight excluding hydrogens is 306 g/mol. The summed E-state index contributed by atoms with van der Waals surface area (Å²) in [5.41, 5.74) is 0.726. The Labute approximate surface area is 144 Å². The zero-order valence-corrected chi connectivity index (χ0v) is 15.0. The third-order valence-electron chi connectivity index (χ3n) is 3.79. The van der Waals surface area contributed by atoms with Crippen molar-refractivity contribution >= 4 is 6.09 Å². The second kappa shape index (κ2) is 9.04. The summed E-state index contributed by atoms with van der Waals surface area (Å²) < 4.78 is 16.9. The first-order chi connectivity index (χ1) is 11.4. The average Bonchev–Trinajstić information content (AvgIpc) is 2.54. The molecule has 1 aliphatic rings. The van der Waals surface area contributed by atoms with Gasteiger partial charge in [-0.1, -0.05) is 30.3 Å². The van der Waals surface area contributed by atoms with Gasteiger partial charge in [-0.15, -0.1) is 0 Å². The van der Waals surface area contributed by atoms with E-state index in [0.29, 0.717) is 32.9 Å². The average molecular weight is 335 g/mol. The van der Waals surface area contributed by atoms with Crippen molar-refractivity contribution in [1.82, 2.24) is 4.90 Å². The molecule has 0 aromatic heterocycles. The molecule has 0 radical (unpaired) electrons. The molecule has 134 valence electrons. The summed E-state index contributed by atoms with van der Waals surface area (Å²) in [6.45, 7) is 8.81. The van der Waals surface area contributed by atoms with Gasteiger partial charge in [0, 0.05) is 13.1 Å². The normalized spacial score (nSPS) is 16.2. The predicted octanol–water partition coefficient (Wildman–Crippen LogP) is 3.62. The third-order valence-corrected chi connectivity index (χ3v) is 3.79. The van der Waals surface area contributed by atoms with Crippen LogP contribution in [0.5, 0.6) is 0 Å². The Kier molecular flexibility index (Phi) is 7.06. The lowest BCUT2D eigenvalue weighted by molar-refractivity contribution is -0.0314. The molecule has 5 heteroatoms. The van der Waals surface area contributed by atoms with E-state index in [0.717, 1.165) is 12.8 Å². The smallest absolute Gasteiger partial charge is 0.410 e. The summed E-state index contributed by atoms with van der Waals surface area (Å²) in [5.74, 6) is 0. The number of benzene rings is 1. The van der Waals surface area contributed by atoms with E-state index in [1.54, 1.807) is 4.90 Å². The molecule has 1 aliphatic heterocycles. The summed E-state index contributed by atoms with van der Waals surface area (Å²) in [4.78, 5) is 13.8. The minimum Gasteiger partial charge on any atom is -0.444 e. The molecule has 1 saturated heterocycles. The summed E-state index contributed by atoms with van der Waals surface area (Å²) in [6, 6.07) is 10.1. The Hall–Kier alpha value is -1.59. The highest BCUT2D eigenvalue weighted by Gasteiger charge is 2.26. The quantitative estimate of drug-likeness (QED) is 0.745. The number of piperidine rings is 1. The lowest BCUT2D eigenvalue weighted by Crippen LogP contribution is -2.43. The highest BCUT2D eigenvalue weighted by molar-refractivity contribution is 5.68. The lowest BCUT2D eigenvalue weighted by Gasteiger charge is -2.33. The summed E-state index contributed by atoms with van der Waals surface area (Å²) in [7, 11) is 0. The second-order valence-corrected chi connectivity index (χ2v) is 7.08. The van der Waals surface area contributed by atoms with Gasteiger partial charge in [-0.25, -0.2) is 4.79 Å². The molecule has 5 nitrogen and oxygen atoms in total. The van der Waals surface area contributed by atoms with Crippen LogP contribution in [0.25, 0.3) is 0 Å². The molecule has 0 saturated carbocycles. The van der Waals surface area contributed by atoms with Gasteiger partial charge in [0.1, 0.15) is 5.60 Å². The molecule has 0 spiro atoms. The van der Waals surface area contributed by atoms with Crippen LogP contribution in [0.15, 0.2) is 30.3 Å². The van der Waals surface area contributed by atoms with Gasteiger partial charge in [0.15, 0.2) is 0 Å². The zero-order valence-electron chi connectivity index (χ0n) is 15.0. The minimum atomic E-state index is -0.444. The van der Waals surface area contributed by atoms with Crippen molar-refractivity contribution in [2.45, 2.75) is 51.9 Å². The number of ether oxygens (including phenoxy) is 3. The maximum absolute atomic E-state index is 12.0. The Morgan fingerprint density at radius 3 is 2.42 bits per heavy atom. The summed E-state index contributed by atoms with van der Waals surface area (Å²) >= 11 is 0. The molecule has 1 aromatic carbocycles. The molecule has 0 unspecified atom stereocenters. The SMILES string of the molecule is CC(C)(C)OC(=O)N1CCC(OCCOCc2ccccc2)CC1. The van der Waals surface area contributed by atoms with Crippen molar-refractivity contribution in [3.8, 4) is 0 Å². The first kappa shape index (κ1) is 18.7. The van der Waals surface area contributed by atoms with E-state index < -0.39 is 5.60 Å². The van der Waals surface area contributed by atoms with Crippen molar-refractivity contribution in [2.75, 3.05) is 26.3 Å². The van der Waals surface area contributed by atoms with Crippen LogP contribution in [0.4, 0.5) is 4.79 Å². The molecule has 24 heavy (non-hydrogen) atoms. The number of likely N-dealkylation sites (tertiary alicyclic amines) is 1. The van der Waals surface area contributed by atoms with Crippen LogP contribution in [0.3, 0.4) is 0 Å². The topological polar surface area (TPSA) is 48.0 Å². The third kappa shape index (κ3) is 6.89. The van der Waals surface area contributed by atoms with E-state index >= 15 is 0 Å². The molecule has 1 amide bonds. The fourth-order valence-electron chi connectivity index (χ4n) is 2.57. The van der Waals surface area contributed by atoms with Gasteiger partial charge in [0.2, 0.25) is 0 Å². The van der Waals surface area contributed by atoms with Crippen LogP contribution in [-0.4, -0.2) is 49.0 Å². The number of rotatable bonds is 6. The highest BCUT2D eigenvalue weighted by atomic mass is 16.6. The van der Waals surface area contributed by atoms with Crippen LogP contribution in [-0.2, 0) is 20.8 Å². The van der Waals surface area contributed by atoms with E-state index in [2.05, 4.69) is 0 Å². The standard InChI is InChI=1S/C19H29NO4/c1-19(2,3)24-18(21)20-11-9-17(10-12-20)23-14-13-22-15-16-7-5-4-6-8-16/h4-8,17H,9-15H2,1-3H3. The molecule has 1 heterocycles. The van der Waals surface area contributed by atoms with Gasteiger partial charge < -0.3 is 19.1 Å². The van der Waals surface area contributed by atoms with Crippen molar-refractivity contribution in [3.05, 3.63) is 35.9 Å². The van der Waals surface area contributed by atoms with Gasteiger partial charge in [0.25, 0.3) is 0 Å². The molecule has 0 N–H and O–H groups in total. The largest absolute Gasteiger partial charge is 0.444 e. The first-order valence-electron chi connectivity index (χ1n) is 8.65. The molecule has 0 aliphatic carbocycles. The van der Waals surface area contributed by atoms with Crippen LogP contribution in [0, 0.1) is 0 Å². The van der Waals surface area contributed by atoms with Gasteiger partial charge in [-0.05, 0) is 39.2 Å². The van der Waals surface area contributed by atoms with Gasteiger partial charge in [-0.2, -0.15) is 0 Å². The minimum absolute atomic E-state index is 0.198. The van der Waals surface area contributed by atoms with E-state index in [1.165, 1.54) is 5.56 Å².